The molecule has 208 valence electrons. The summed E-state index contributed by atoms with van der Waals surface area (Å²) in [6.45, 7) is 5.27. The third-order valence-electron chi connectivity index (χ3n) is 6.36. The molecular weight excluding hydrogens is 551 g/mol. The van der Waals surface area contributed by atoms with Crippen molar-refractivity contribution in [2.75, 3.05) is 13.2 Å². The van der Waals surface area contributed by atoms with Crippen LogP contribution >= 0.6 is 23.2 Å². The number of esters is 1. The van der Waals surface area contributed by atoms with E-state index in [4.69, 9.17) is 47.9 Å². The van der Waals surface area contributed by atoms with Gasteiger partial charge in [0.25, 0.3) is 0 Å². The Labute approximate surface area is 244 Å². The third-order valence-corrected chi connectivity index (χ3v) is 6.92. The van der Waals surface area contributed by atoms with Gasteiger partial charge in [-0.2, -0.15) is 5.26 Å². The molecule has 1 atom stereocenters. The highest BCUT2D eigenvalue weighted by molar-refractivity contribution is 6.37. The predicted molar refractivity (Wildman–Crippen MR) is 154 cm³/mol. The number of unbranched alkanes of at least 4 members (excludes halogenated alkanes) is 2. The minimum absolute atomic E-state index is 0.0102. The molecule has 1 unspecified atom stereocenters. The Morgan fingerprint density at radius 1 is 0.950 bits per heavy atom. The lowest BCUT2D eigenvalue weighted by Gasteiger charge is -2.26. The second-order valence-electron chi connectivity index (χ2n) is 9.26. The highest BCUT2D eigenvalue weighted by atomic mass is 35.5. The van der Waals surface area contributed by atoms with Gasteiger partial charge in [0.05, 0.1) is 34.7 Å². The highest BCUT2D eigenvalue weighted by Crippen LogP contribution is 2.44. The third kappa shape index (κ3) is 6.64. The molecule has 0 spiro atoms. The molecule has 0 saturated heterocycles. The average molecular weight is 581 g/mol. The van der Waals surface area contributed by atoms with Crippen LogP contribution in [0.4, 0.5) is 0 Å². The zero-order valence-electron chi connectivity index (χ0n) is 22.3. The Kier molecular flexibility index (Phi) is 9.81. The number of rotatable bonds is 11. The number of benzene rings is 3. The monoisotopic (exact) mass is 580 g/mol. The zero-order chi connectivity index (χ0) is 28.6. The van der Waals surface area contributed by atoms with Crippen LogP contribution in [0.15, 0.2) is 66.1 Å². The van der Waals surface area contributed by atoms with E-state index in [1.54, 1.807) is 18.2 Å². The Balaban J connectivity index is 1.56. The number of nitrogens with zero attached hydrogens (tertiary/aromatic N) is 1. The van der Waals surface area contributed by atoms with E-state index >= 15 is 0 Å². The highest BCUT2D eigenvalue weighted by Gasteiger charge is 2.31. The maximum Gasteiger partial charge on any atom is 0.343 e. The number of carbonyl (C=O) groups is 1. The predicted octanol–water partition coefficient (Wildman–Crippen LogP) is 7.79. The molecule has 3 aromatic rings. The number of fused-ring (bicyclic) bond motifs is 1. The minimum Gasteiger partial charge on any atom is -0.494 e. The van der Waals surface area contributed by atoms with E-state index in [-0.39, 0.29) is 27.2 Å². The Hall–Kier alpha value is -3.86. The molecule has 0 aliphatic carbocycles. The smallest absolute Gasteiger partial charge is 0.343 e. The summed E-state index contributed by atoms with van der Waals surface area (Å²) in [5.74, 6) is 0.568. The van der Waals surface area contributed by atoms with Crippen LogP contribution in [0.3, 0.4) is 0 Å². The molecule has 4 rings (SSSR count). The van der Waals surface area contributed by atoms with E-state index in [1.165, 1.54) is 12.1 Å². The van der Waals surface area contributed by atoms with Gasteiger partial charge in [0, 0.05) is 11.6 Å². The lowest BCUT2D eigenvalue weighted by Crippen LogP contribution is -2.21. The molecule has 40 heavy (non-hydrogen) atoms. The Morgan fingerprint density at radius 2 is 1.57 bits per heavy atom. The fraction of sp³-hybridized carbons (Fsp3) is 0.290. The van der Waals surface area contributed by atoms with Crippen LogP contribution in [0.2, 0.25) is 10.0 Å². The number of halogens is 2. The van der Waals surface area contributed by atoms with Crippen molar-refractivity contribution in [3.8, 4) is 29.1 Å². The van der Waals surface area contributed by atoms with Gasteiger partial charge in [-0.3, -0.25) is 0 Å². The second-order valence-corrected chi connectivity index (χ2v) is 10.1. The number of carbonyl (C=O) groups excluding carboxylic acids is 1. The fourth-order valence-electron chi connectivity index (χ4n) is 4.23. The van der Waals surface area contributed by atoms with Crippen molar-refractivity contribution in [3.63, 3.8) is 0 Å². The summed E-state index contributed by atoms with van der Waals surface area (Å²) in [5, 5.41) is 10.3. The van der Waals surface area contributed by atoms with Crippen molar-refractivity contribution in [1.29, 1.82) is 5.26 Å². The van der Waals surface area contributed by atoms with Gasteiger partial charge < -0.3 is 24.7 Å². The van der Waals surface area contributed by atoms with Gasteiger partial charge in [-0.1, -0.05) is 68.1 Å². The molecule has 1 heterocycles. The summed E-state index contributed by atoms with van der Waals surface area (Å²) in [6.07, 6.45) is 3.83. The molecule has 0 fully saturated rings. The first-order valence-corrected chi connectivity index (χ1v) is 13.9. The van der Waals surface area contributed by atoms with Gasteiger partial charge in [-0.05, 0) is 48.7 Å². The van der Waals surface area contributed by atoms with Gasteiger partial charge in [0.15, 0.2) is 5.75 Å². The lowest BCUT2D eigenvalue weighted by molar-refractivity contribution is 0.0734. The standard InChI is InChI=1S/C31H30Cl2N2O5/c1-3-5-13-37-21-9-7-19(8-10-21)28-23-12-11-22(17-27(23)40-30(35)24(28)18-34)39-31(36)20-15-25(32)29(26(33)16-20)38-14-6-4-2/h7-12,15-17,28H,3-6,13-14,35H2,1-2H3. The van der Waals surface area contributed by atoms with E-state index in [0.29, 0.717) is 35.8 Å². The number of allylic oxidation sites excluding steroid dienone is 1. The molecule has 0 aromatic heterocycles. The number of hydrogen-bond acceptors (Lipinski definition) is 7. The van der Waals surface area contributed by atoms with E-state index in [1.807, 2.05) is 31.2 Å². The van der Waals surface area contributed by atoms with Crippen molar-refractivity contribution in [1.82, 2.24) is 0 Å². The number of ether oxygens (including phenoxy) is 4. The van der Waals surface area contributed by atoms with Gasteiger partial charge >= 0.3 is 5.97 Å². The molecule has 0 saturated carbocycles. The van der Waals surface area contributed by atoms with E-state index < -0.39 is 11.9 Å². The molecule has 7 nitrogen and oxygen atoms in total. The topological polar surface area (TPSA) is 104 Å². The van der Waals surface area contributed by atoms with E-state index in [0.717, 1.165) is 37.0 Å². The van der Waals surface area contributed by atoms with Crippen molar-refractivity contribution < 1.29 is 23.7 Å². The van der Waals surface area contributed by atoms with E-state index in [2.05, 4.69) is 13.0 Å². The molecule has 3 aromatic carbocycles. The van der Waals surface area contributed by atoms with Gasteiger partial charge in [-0.25, -0.2) is 4.79 Å². The van der Waals surface area contributed by atoms with Gasteiger partial charge in [0.1, 0.15) is 28.9 Å². The van der Waals surface area contributed by atoms with Crippen LogP contribution in [0.5, 0.6) is 23.0 Å². The largest absolute Gasteiger partial charge is 0.494 e. The van der Waals surface area contributed by atoms with Gasteiger partial charge in [-0.15, -0.1) is 0 Å². The molecule has 9 heteroatoms. The number of nitrogens with two attached hydrogens (primary N) is 1. The van der Waals surface area contributed by atoms with Crippen molar-refractivity contribution in [2.24, 2.45) is 5.73 Å². The maximum absolute atomic E-state index is 12.9. The molecule has 1 aliphatic heterocycles. The maximum atomic E-state index is 12.9. The first-order valence-electron chi connectivity index (χ1n) is 13.1. The summed E-state index contributed by atoms with van der Waals surface area (Å²) in [4.78, 5) is 12.9. The Morgan fingerprint density at radius 3 is 2.20 bits per heavy atom. The minimum atomic E-state index is -0.656. The Bertz CT molecular complexity index is 1420. The van der Waals surface area contributed by atoms with Gasteiger partial charge in [0.2, 0.25) is 5.88 Å². The summed E-state index contributed by atoms with van der Waals surface area (Å²) >= 11 is 12.6. The number of hydrogen-bond donors (Lipinski definition) is 1. The SMILES string of the molecule is CCCCOc1ccc(C2C(C#N)=C(N)Oc3cc(OC(=O)c4cc(Cl)c(OCCCC)c(Cl)c4)ccc32)cc1. The fourth-order valence-corrected chi connectivity index (χ4v) is 4.83. The van der Waals surface area contributed by atoms with Crippen LogP contribution in [-0.2, 0) is 0 Å². The molecule has 0 bridgehead atoms. The van der Waals surface area contributed by atoms with Crippen molar-refractivity contribution in [2.45, 2.75) is 45.4 Å². The van der Waals surface area contributed by atoms with Crippen LogP contribution in [0, 0.1) is 11.3 Å². The molecule has 1 aliphatic rings. The summed E-state index contributed by atoms with van der Waals surface area (Å²) in [5.41, 5.74) is 8.16. The first kappa shape index (κ1) is 29.1. The normalized spacial score (nSPS) is 14.1. The summed E-state index contributed by atoms with van der Waals surface area (Å²) in [7, 11) is 0. The van der Waals surface area contributed by atoms with Crippen molar-refractivity contribution >= 4 is 29.2 Å². The quantitative estimate of drug-likeness (QED) is 0.140. The van der Waals surface area contributed by atoms with Crippen LogP contribution < -0.4 is 24.7 Å². The summed E-state index contributed by atoms with van der Waals surface area (Å²) in [6, 6.07) is 17.6. The molecule has 0 radical (unpaired) electrons. The second kappa shape index (κ2) is 13.5. The van der Waals surface area contributed by atoms with Crippen LogP contribution in [0.25, 0.3) is 0 Å². The molecule has 0 amide bonds. The van der Waals surface area contributed by atoms with Crippen molar-refractivity contribution in [3.05, 3.63) is 92.8 Å². The average Bonchev–Trinajstić information content (AvgIpc) is 2.94. The van der Waals surface area contributed by atoms with Crippen LogP contribution in [-0.4, -0.2) is 19.2 Å². The number of nitriles is 1. The lowest BCUT2D eigenvalue weighted by atomic mass is 9.83. The zero-order valence-corrected chi connectivity index (χ0v) is 23.8. The van der Waals surface area contributed by atoms with Crippen LogP contribution in [0.1, 0.15) is 66.9 Å². The van der Waals surface area contributed by atoms with E-state index in [9.17, 15) is 10.1 Å². The molecule has 2 N–H and O–H groups in total. The summed E-state index contributed by atoms with van der Waals surface area (Å²) < 4.78 is 22.8. The molecular formula is C31H30Cl2N2O5. The first-order chi connectivity index (χ1) is 19.4.